The van der Waals surface area contributed by atoms with Crippen molar-refractivity contribution in [1.82, 2.24) is 4.90 Å². The van der Waals surface area contributed by atoms with Crippen LogP contribution in [-0.2, 0) is 9.47 Å². The van der Waals surface area contributed by atoms with E-state index in [4.69, 9.17) is 4.74 Å². The van der Waals surface area contributed by atoms with Gasteiger partial charge in [-0.25, -0.2) is 4.79 Å². The third-order valence-electron chi connectivity index (χ3n) is 1.76. The van der Waals surface area contributed by atoms with Gasteiger partial charge in [0.1, 0.15) is 5.60 Å². The van der Waals surface area contributed by atoms with Crippen LogP contribution in [0.2, 0.25) is 0 Å². The molecule has 0 aliphatic carbocycles. The fourth-order valence-electron chi connectivity index (χ4n) is 1.23. The van der Waals surface area contributed by atoms with Crippen molar-refractivity contribution in [3.8, 4) is 0 Å². The van der Waals surface area contributed by atoms with Crippen LogP contribution in [0, 0.1) is 0 Å². The summed E-state index contributed by atoms with van der Waals surface area (Å²) in [5.41, 5.74) is 4.14. The molecule has 5 heteroatoms. The van der Waals surface area contributed by atoms with E-state index < -0.39 is 0 Å². The Kier molecular flexibility index (Phi) is 11.3. The molecular formula is C12H28N2O3. The highest BCUT2D eigenvalue weighted by molar-refractivity contribution is 5.68. The maximum atomic E-state index is 11.4. The standard InChI is InChI=1S/C9H17NO2.C2H6O.CH5N/c1-9(2,3)12-8(11)10-6-4-5-7-10;1-3-2;1-2/h4-7H2,1-3H3;1-2H3;2H2,1H3. The molecule has 0 spiro atoms. The van der Waals surface area contributed by atoms with E-state index in [0.29, 0.717) is 0 Å². The van der Waals surface area contributed by atoms with Crippen LogP contribution in [0.25, 0.3) is 0 Å². The molecule has 1 heterocycles. The summed E-state index contributed by atoms with van der Waals surface area (Å²) in [7, 11) is 4.75. The van der Waals surface area contributed by atoms with Crippen LogP contribution in [0.5, 0.6) is 0 Å². The number of rotatable bonds is 0. The lowest BCUT2D eigenvalue weighted by Crippen LogP contribution is -2.34. The van der Waals surface area contributed by atoms with E-state index in [0.717, 1.165) is 25.9 Å². The van der Waals surface area contributed by atoms with Gasteiger partial charge in [-0.1, -0.05) is 0 Å². The first-order chi connectivity index (χ1) is 7.90. The van der Waals surface area contributed by atoms with Crippen molar-refractivity contribution >= 4 is 6.09 Å². The van der Waals surface area contributed by atoms with Crippen LogP contribution in [0.4, 0.5) is 4.79 Å². The highest BCUT2D eigenvalue weighted by Gasteiger charge is 2.23. The summed E-state index contributed by atoms with van der Waals surface area (Å²) >= 11 is 0. The number of hydrogen-bond donors (Lipinski definition) is 1. The molecule has 1 aliphatic rings. The fraction of sp³-hybridized carbons (Fsp3) is 0.917. The largest absolute Gasteiger partial charge is 0.444 e. The van der Waals surface area contributed by atoms with Gasteiger partial charge in [-0.3, -0.25) is 0 Å². The first-order valence-electron chi connectivity index (χ1n) is 5.86. The van der Waals surface area contributed by atoms with Crippen molar-refractivity contribution in [3.05, 3.63) is 0 Å². The lowest BCUT2D eigenvalue weighted by molar-refractivity contribution is 0.0295. The first-order valence-corrected chi connectivity index (χ1v) is 5.86. The van der Waals surface area contributed by atoms with Crippen LogP contribution in [0.3, 0.4) is 0 Å². The van der Waals surface area contributed by atoms with Gasteiger partial charge in [0.25, 0.3) is 0 Å². The van der Waals surface area contributed by atoms with Gasteiger partial charge in [-0.15, -0.1) is 0 Å². The molecule has 1 amide bonds. The number of carbonyl (C=O) groups excluding carboxylic acids is 1. The minimum atomic E-state index is -0.361. The molecule has 0 aromatic carbocycles. The molecule has 0 saturated carbocycles. The first kappa shape index (κ1) is 18.6. The molecule has 1 rings (SSSR count). The number of nitrogens with zero attached hydrogens (tertiary/aromatic N) is 1. The molecule has 0 bridgehead atoms. The van der Waals surface area contributed by atoms with E-state index in [-0.39, 0.29) is 11.7 Å². The van der Waals surface area contributed by atoms with E-state index in [1.165, 1.54) is 7.05 Å². The Bertz CT molecular complexity index is 185. The zero-order valence-electron chi connectivity index (χ0n) is 12.1. The summed E-state index contributed by atoms with van der Waals surface area (Å²) in [6, 6.07) is 0. The molecule has 1 aliphatic heterocycles. The Morgan fingerprint density at radius 1 is 1.12 bits per heavy atom. The van der Waals surface area contributed by atoms with Gasteiger partial charge in [0, 0.05) is 27.3 Å². The lowest BCUT2D eigenvalue weighted by Gasteiger charge is -2.23. The Morgan fingerprint density at radius 2 is 1.47 bits per heavy atom. The molecule has 0 aromatic rings. The summed E-state index contributed by atoms with van der Waals surface area (Å²) in [6.07, 6.45) is 2.05. The number of hydrogen-bond acceptors (Lipinski definition) is 4. The molecule has 104 valence electrons. The maximum Gasteiger partial charge on any atom is 0.410 e. The van der Waals surface area contributed by atoms with E-state index >= 15 is 0 Å². The zero-order chi connectivity index (χ0) is 13.9. The highest BCUT2D eigenvalue weighted by Crippen LogP contribution is 2.14. The molecule has 17 heavy (non-hydrogen) atoms. The number of nitrogens with two attached hydrogens (primary N) is 1. The van der Waals surface area contributed by atoms with Crippen LogP contribution in [-0.4, -0.2) is 51.0 Å². The van der Waals surface area contributed by atoms with Crippen molar-refractivity contribution in [2.45, 2.75) is 39.2 Å². The molecule has 1 fully saturated rings. The van der Waals surface area contributed by atoms with Gasteiger partial charge in [-0.05, 0) is 40.7 Å². The monoisotopic (exact) mass is 248 g/mol. The third kappa shape index (κ3) is 11.5. The summed E-state index contributed by atoms with van der Waals surface area (Å²) in [6.45, 7) is 7.38. The van der Waals surface area contributed by atoms with Crippen LogP contribution in [0.1, 0.15) is 33.6 Å². The molecule has 0 atom stereocenters. The van der Waals surface area contributed by atoms with Crippen molar-refractivity contribution in [3.63, 3.8) is 0 Å². The van der Waals surface area contributed by atoms with Gasteiger partial charge in [0.15, 0.2) is 0 Å². The molecule has 2 N–H and O–H groups in total. The summed E-state index contributed by atoms with van der Waals surface area (Å²) in [5, 5.41) is 0. The number of ether oxygens (including phenoxy) is 2. The second-order valence-corrected chi connectivity index (χ2v) is 4.58. The Hall–Kier alpha value is -0.810. The molecule has 1 saturated heterocycles. The van der Waals surface area contributed by atoms with Crippen LogP contribution < -0.4 is 5.73 Å². The van der Waals surface area contributed by atoms with Crippen LogP contribution in [0.15, 0.2) is 0 Å². The van der Waals surface area contributed by atoms with Gasteiger partial charge in [-0.2, -0.15) is 0 Å². The van der Waals surface area contributed by atoms with Crippen molar-refractivity contribution in [1.29, 1.82) is 0 Å². The van der Waals surface area contributed by atoms with E-state index in [2.05, 4.69) is 10.5 Å². The predicted octanol–water partition coefficient (Wildman–Crippen LogP) is 1.85. The Morgan fingerprint density at radius 3 is 1.76 bits per heavy atom. The molecule has 0 unspecified atom stereocenters. The van der Waals surface area contributed by atoms with E-state index in [1.54, 1.807) is 19.1 Å². The SMILES string of the molecule is CC(C)(C)OC(=O)N1CCCC1.CN.COC. The van der Waals surface area contributed by atoms with Gasteiger partial charge in [0.2, 0.25) is 0 Å². The van der Waals surface area contributed by atoms with Gasteiger partial charge < -0.3 is 20.1 Å². The maximum absolute atomic E-state index is 11.4. The topological polar surface area (TPSA) is 64.8 Å². The number of likely N-dealkylation sites (tertiary alicyclic amines) is 1. The Balaban J connectivity index is 0. The fourth-order valence-corrected chi connectivity index (χ4v) is 1.23. The van der Waals surface area contributed by atoms with Crippen molar-refractivity contribution in [2.24, 2.45) is 5.73 Å². The predicted molar refractivity (Wildman–Crippen MR) is 70.1 cm³/mol. The molecule has 0 aromatic heterocycles. The van der Waals surface area contributed by atoms with Crippen molar-refractivity contribution in [2.75, 3.05) is 34.4 Å². The van der Waals surface area contributed by atoms with E-state index in [1.807, 2.05) is 20.8 Å². The molecule has 5 nitrogen and oxygen atoms in total. The zero-order valence-corrected chi connectivity index (χ0v) is 12.1. The number of carbonyl (C=O) groups is 1. The van der Waals surface area contributed by atoms with E-state index in [9.17, 15) is 4.79 Å². The highest BCUT2D eigenvalue weighted by atomic mass is 16.6. The number of amides is 1. The van der Waals surface area contributed by atoms with Crippen LogP contribution >= 0.6 is 0 Å². The average Bonchev–Trinajstić information content (AvgIpc) is 2.72. The normalized spacial score (nSPS) is 14.2. The number of methoxy groups -OCH3 is 1. The van der Waals surface area contributed by atoms with Gasteiger partial charge in [0.05, 0.1) is 0 Å². The molecular weight excluding hydrogens is 220 g/mol. The second kappa shape index (κ2) is 10.4. The van der Waals surface area contributed by atoms with Gasteiger partial charge >= 0.3 is 6.09 Å². The average molecular weight is 248 g/mol. The minimum Gasteiger partial charge on any atom is -0.444 e. The Labute approximate surface area is 105 Å². The minimum absolute atomic E-state index is 0.167. The van der Waals surface area contributed by atoms with Crippen molar-refractivity contribution < 1.29 is 14.3 Å². The third-order valence-corrected chi connectivity index (χ3v) is 1.76. The quantitative estimate of drug-likeness (QED) is 0.710. The summed E-state index contributed by atoms with van der Waals surface area (Å²) in [5.74, 6) is 0. The summed E-state index contributed by atoms with van der Waals surface area (Å²) in [4.78, 5) is 13.1. The molecule has 0 radical (unpaired) electrons. The summed E-state index contributed by atoms with van der Waals surface area (Å²) < 4.78 is 9.46. The smallest absolute Gasteiger partial charge is 0.410 e. The lowest BCUT2D eigenvalue weighted by atomic mass is 10.2. The second-order valence-electron chi connectivity index (χ2n) is 4.58.